The van der Waals surface area contributed by atoms with Crippen LogP contribution in [-0.4, -0.2) is 18.6 Å². The fourth-order valence-electron chi connectivity index (χ4n) is 1.71. The number of carbonyl (C=O) groups is 1. The van der Waals surface area contributed by atoms with Crippen molar-refractivity contribution in [2.24, 2.45) is 0 Å². The molecular weight excluding hydrogens is 190 g/mol. The van der Waals surface area contributed by atoms with E-state index in [1.807, 2.05) is 12.1 Å². The zero-order chi connectivity index (χ0) is 10.7. The van der Waals surface area contributed by atoms with Crippen LogP contribution in [0.5, 0.6) is 0 Å². The van der Waals surface area contributed by atoms with Gasteiger partial charge in [0.25, 0.3) is 0 Å². The number of hydrogen-bond acceptors (Lipinski definition) is 3. The summed E-state index contributed by atoms with van der Waals surface area (Å²) in [6.45, 7) is 2.65. The summed E-state index contributed by atoms with van der Waals surface area (Å²) in [6.07, 6.45) is 1.76. The molecule has 1 aromatic carbocycles. The Morgan fingerprint density at radius 2 is 2.40 bits per heavy atom. The van der Waals surface area contributed by atoms with E-state index in [0.29, 0.717) is 6.61 Å². The Balaban J connectivity index is 2.06. The highest BCUT2D eigenvalue weighted by atomic mass is 16.5. The molecule has 0 spiro atoms. The second-order valence-electron chi connectivity index (χ2n) is 3.71. The summed E-state index contributed by atoms with van der Waals surface area (Å²) in [7, 11) is 0. The molecule has 1 fully saturated rings. The quantitative estimate of drug-likeness (QED) is 0.767. The first kappa shape index (κ1) is 10.0. The highest BCUT2D eigenvalue weighted by Crippen LogP contribution is 2.16. The first-order valence-electron chi connectivity index (χ1n) is 5.31. The van der Waals surface area contributed by atoms with E-state index in [-0.39, 0.29) is 12.0 Å². The highest BCUT2D eigenvalue weighted by molar-refractivity contribution is 5.80. The Morgan fingerprint density at radius 3 is 3.07 bits per heavy atom. The van der Waals surface area contributed by atoms with E-state index < -0.39 is 0 Å². The minimum atomic E-state index is -0.169. The van der Waals surface area contributed by atoms with Crippen LogP contribution >= 0.6 is 0 Å². The number of ether oxygens (including phenoxy) is 1. The standard InChI is InChI=1S/C12H15NO2/c1-2-9-4-3-5-10(8-9)13-11-6-7-15-12(11)14/h3-5,8,11,13H,2,6-7H2,1H3. The minimum Gasteiger partial charge on any atom is -0.464 e. The van der Waals surface area contributed by atoms with Crippen LogP contribution in [0.15, 0.2) is 24.3 Å². The van der Waals surface area contributed by atoms with Crippen LogP contribution in [0.1, 0.15) is 18.9 Å². The number of nitrogens with one attached hydrogen (secondary N) is 1. The first-order valence-corrected chi connectivity index (χ1v) is 5.31. The molecular formula is C12H15NO2. The Morgan fingerprint density at radius 1 is 1.53 bits per heavy atom. The third-order valence-corrected chi connectivity index (χ3v) is 2.61. The van der Waals surface area contributed by atoms with Gasteiger partial charge >= 0.3 is 5.97 Å². The molecule has 2 rings (SSSR count). The summed E-state index contributed by atoms with van der Waals surface area (Å²) in [4.78, 5) is 11.2. The Labute approximate surface area is 89.4 Å². The van der Waals surface area contributed by atoms with Gasteiger partial charge in [0, 0.05) is 12.1 Å². The van der Waals surface area contributed by atoms with Crippen molar-refractivity contribution < 1.29 is 9.53 Å². The number of anilines is 1. The molecule has 1 heterocycles. The maximum Gasteiger partial charge on any atom is 0.328 e. The molecule has 0 saturated carbocycles. The lowest BCUT2D eigenvalue weighted by Gasteiger charge is -2.10. The van der Waals surface area contributed by atoms with E-state index in [0.717, 1.165) is 18.5 Å². The largest absolute Gasteiger partial charge is 0.464 e. The first-order chi connectivity index (χ1) is 7.29. The smallest absolute Gasteiger partial charge is 0.328 e. The molecule has 1 N–H and O–H groups in total. The summed E-state index contributed by atoms with van der Waals surface area (Å²) >= 11 is 0. The maximum atomic E-state index is 11.2. The summed E-state index contributed by atoms with van der Waals surface area (Å²) < 4.78 is 4.89. The van der Waals surface area contributed by atoms with Gasteiger partial charge in [0.05, 0.1) is 6.61 Å². The lowest BCUT2D eigenvalue weighted by molar-refractivity contribution is -0.138. The lowest BCUT2D eigenvalue weighted by atomic mass is 10.1. The van der Waals surface area contributed by atoms with Gasteiger partial charge in [0.2, 0.25) is 0 Å². The lowest BCUT2D eigenvalue weighted by Crippen LogP contribution is -2.24. The van der Waals surface area contributed by atoms with Crippen molar-refractivity contribution in [2.75, 3.05) is 11.9 Å². The Hall–Kier alpha value is -1.51. The molecule has 1 aromatic rings. The monoisotopic (exact) mass is 205 g/mol. The topological polar surface area (TPSA) is 38.3 Å². The van der Waals surface area contributed by atoms with E-state index in [2.05, 4.69) is 24.4 Å². The SMILES string of the molecule is CCc1cccc(NC2CCOC2=O)c1. The summed E-state index contributed by atoms with van der Waals surface area (Å²) in [5, 5.41) is 3.19. The zero-order valence-corrected chi connectivity index (χ0v) is 8.82. The number of aryl methyl sites for hydroxylation is 1. The minimum absolute atomic E-state index is 0.142. The van der Waals surface area contributed by atoms with Crippen molar-refractivity contribution in [3.05, 3.63) is 29.8 Å². The molecule has 1 atom stereocenters. The van der Waals surface area contributed by atoms with Crippen molar-refractivity contribution in [2.45, 2.75) is 25.8 Å². The zero-order valence-electron chi connectivity index (χ0n) is 8.82. The van der Waals surface area contributed by atoms with Crippen molar-refractivity contribution in [1.82, 2.24) is 0 Å². The van der Waals surface area contributed by atoms with Gasteiger partial charge < -0.3 is 10.1 Å². The number of hydrogen-bond donors (Lipinski definition) is 1. The summed E-state index contributed by atoms with van der Waals surface area (Å²) in [5.74, 6) is -0.142. The average molecular weight is 205 g/mol. The normalized spacial score (nSPS) is 20.1. The van der Waals surface area contributed by atoms with Crippen molar-refractivity contribution in [3.63, 3.8) is 0 Å². The predicted octanol–water partition coefficient (Wildman–Crippen LogP) is 1.98. The fraction of sp³-hybridized carbons (Fsp3) is 0.417. The van der Waals surface area contributed by atoms with E-state index >= 15 is 0 Å². The van der Waals surface area contributed by atoms with Gasteiger partial charge in [0.15, 0.2) is 0 Å². The predicted molar refractivity (Wildman–Crippen MR) is 58.8 cm³/mol. The van der Waals surface area contributed by atoms with Crippen LogP contribution in [0.4, 0.5) is 5.69 Å². The molecule has 0 bridgehead atoms. The van der Waals surface area contributed by atoms with Gasteiger partial charge in [-0.3, -0.25) is 0 Å². The van der Waals surface area contributed by atoms with Gasteiger partial charge in [-0.05, 0) is 24.1 Å². The van der Waals surface area contributed by atoms with Gasteiger partial charge in [-0.25, -0.2) is 4.79 Å². The maximum absolute atomic E-state index is 11.2. The van der Waals surface area contributed by atoms with E-state index in [9.17, 15) is 4.79 Å². The van der Waals surface area contributed by atoms with E-state index in [1.165, 1.54) is 5.56 Å². The molecule has 3 heteroatoms. The van der Waals surface area contributed by atoms with Crippen LogP contribution in [-0.2, 0) is 16.0 Å². The molecule has 1 aliphatic heterocycles. The Kier molecular flexibility index (Phi) is 2.90. The fourth-order valence-corrected chi connectivity index (χ4v) is 1.71. The molecule has 3 nitrogen and oxygen atoms in total. The van der Waals surface area contributed by atoms with Gasteiger partial charge in [-0.15, -0.1) is 0 Å². The molecule has 1 saturated heterocycles. The number of rotatable bonds is 3. The second-order valence-corrected chi connectivity index (χ2v) is 3.71. The number of cyclic esters (lactones) is 1. The number of esters is 1. The molecule has 1 unspecified atom stereocenters. The molecule has 0 aliphatic carbocycles. The number of carbonyl (C=O) groups excluding carboxylic acids is 1. The molecule has 1 aliphatic rings. The van der Waals surface area contributed by atoms with Crippen molar-refractivity contribution >= 4 is 11.7 Å². The second kappa shape index (κ2) is 4.34. The highest BCUT2D eigenvalue weighted by Gasteiger charge is 2.25. The van der Waals surface area contributed by atoms with Crippen LogP contribution < -0.4 is 5.32 Å². The number of benzene rings is 1. The van der Waals surface area contributed by atoms with Crippen LogP contribution in [0.2, 0.25) is 0 Å². The van der Waals surface area contributed by atoms with Crippen LogP contribution in [0.3, 0.4) is 0 Å². The van der Waals surface area contributed by atoms with E-state index in [4.69, 9.17) is 4.74 Å². The van der Waals surface area contributed by atoms with Crippen LogP contribution in [0, 0.1) is 0 Å². The average Bonchev–Trinajstić information content (AvgIpc) is 2.65. The molecule has 80 valence electrons. The van der Waals surface area contributed by atoms with E-state index in [1.54, 1.807) is 0 Å². The van der Waals surface area contributed by atoms with Crippen molar-refractivity contribution in [3.8, 4) is 0 Å². The van der Waals surface area contributed by atoms with Crippen LogP contribution in [0.25, 0.3) is 0 Å². The molecule has 0 radical (unpaired) electrons. The van der Waals surface area contributed by atoms with Crippen molar-refractivity contribution in [1.29, 1.82) is 0 Å². The van der Waals surface area contributed by atoms with Gasteiger partial charge in [0.1, 0.15) is 6.04 Å². The molecule has 0 aromatic heterocycles. The summed E-state index contributed by atoms with van der Waals surface area (Å²) in [5.41, 5.74) is 2.27. The molecule has 15 heavy (non-hydrogen) atoms. The summed E-state index contributed by atoms with van der Waals surface area (Å²) in [6, 6.07) is 7.97. The third-order valence-electron chi connectivity index (χ3n) is 2.61. The Bertz CT molecular complexity index is 362. The van der Waals surface area contributed by atoms with Gasteiger partial charge in [-0.2, -0.15) is 0 Å². The third kappa shape index (κ3) is 2.29. The van der Waals surface area contributed by atoms with Gasteiger partial charge in [-0.1, -0.05) is 19.1 Å². The molecule has 0 amide bonds.